The lowest BCUT2D eigenvalue weighted by molar-refractivity contribution is 0.122. The van der Waals surface area contributed by atoms with Gasteiger partial charge in [-0.2, -0.15) is 10.1 Å². The Kier molecular flexibility index (Phi) is 5.08. The van der Waals surface area contributed by atoms with E-state index < -0.39 is 0 Å². The average Bonchev–Trinajstić information content (AvgIpc) is 2.68. The fraction of sp³-hybridized carbons (Fsp3) is 0.421. The summed E-state index contributed by atoms with van der Waals surface area (Å²) in [6.45, 7) is 7.01. The molecule has 2 aromatic rings. The number of nitrogens with zero attached hydrogens (tertiary/aromatic N) is 4. The van der Waals surface area contributed by atoms with Crippen molar-refractivity contribution in [1.82, 2.24) is 15.3 Å². The highest BCUT2D eigenvalue weighted by Gasteiger charge is 2.22. The highest BCUT2D eigenvalue weighted by atomic mass is 16.5. The van der Waals surface area contributed by atoms with E-state index in [9.17, 15) is 0 Å². The molecule has 1 saturated heterocycles. The van der Waals surface area contributed by atoms with Crippen LogP contribution in [0.4, 0.5) is 11.8 Å². The van der Waals surface area contributed by atoms with Crippen molar-refractivity contribution in [3.8, 4) is 0 Å². The lowest BCUT2D eigenvalue weighted by atomic mass is 10.1. The minimum absolute atomic E-state index is 0.540. The van der Waals surface area contributed by atoms with E-state index in [0.29, 0.717) is 5.95 Å². The van der Waals surface area contributed by atoms with Gasteiger partial charge in [0.15, 0.2) is 0 Å². The standard InChI is InChI=1S/C19H24N6O/c1-14-3-2-4-15(11-14)12-21-24-19-22-17-13-20-6-5-16(17)18(23-19)25-7-9-26-10-8-25/h2-4,11-12,20H,5-10,13H2,1H3,(H,22,23,24)/b21-12+. The van der Waals surface area contributed by atoms with Crippen LogP contribution in [0.1, 0.15) is 22.4 Å². The first kappa shape index (κ1) is 16.9. The predicted molar refractivity (Wildman–Crippen MR) is 103 cm³/mol. The zero-order valence-electron chi connectivity index (χ0n) is 15.0. The first-order valence-electron chi connectivity index (χ1n) is 9.08. The molecule has 0 bridgehead atoms. The highest BCUT2D eigenvalue weighted by Crippen LogP contribution is 2.26. The predicted octanol–water partition coefficient (Wildman–Crippen LogP) is 1.71. The molecule has 7 nitrogen and oxygen atoms in total. The maximum Gasteiger partial charge on any atom is 0.245 e. The number of morpholine rings is 1. The van der Waals surface area contributed by atoms with Crippen molar-refractivity contribution in [3.63, 3.8) is 0 Å². The molecule has 4 rings (SSSR count). The highest BCUT2D eigenvalue weighted by molar-refractivity contribution is 5.80. The Bertz CT molecular complexity index is 801. The molecule has 0 saturated carbocycles. The van der Waals surface area contributed by atoms with Crippen LogP contribution < -0.4 is 15.6 Å². The summed E-state index contributed by atoms with van der Waals surface area (Å²) >= 11 is 0. The summed E-state index contributed by atoms with van der Waals surface area (Å²) in [7, 11) is 0. The number of hydrazone groups is 1. The van der Waals surface area contributed by atoms with Crippen LogP contribution in [0.15, 0.2) is 29.4 Å². The molecule has 1 aromatic carbocycles. The van der Waals surface area contributed by atoms with Gasteiger partial charge in [0.2, 0.25) is 5.95 Å². The van der Waals surface area contributed by atoms with E-state index in [2.05, 4.69) is 44.8 Å². The minimum Gasteiger partial charge on any atom is -0.378 e. The number of aromatic nitrogens is 2. The summed E-state index contributed by atoms with van der Waals surface area (Å²) in [5.74, 6) is 1.56. The summed E-state index contributed by atoms with van der Waals surface area (Å²) < 4.78 is 5.48. The van der Waals surface area contributed by atoms with Crippen molar-refractivity contribution in [3.05, 3.63) is 46.6 Å². The average molecular weight is 352 g/mol. The molecule has 2 aliphatic heterocycles. The Labute approximate surface area is 153 Å². The molecule has 2 aliphatic rings. The number of ether oxygens (including phenoxy) is 1. The zero-order valence-corrected chi connectivity index (χ0v) is 15.0. The van der Waals surface area contributed by atoms with Crippen LogP contribution in [0.2, 0.25) is 0 Å². The summed E-state index contributed by atoms with van der Waals surface area (Å²) in [6.07, 6.45) is 2.75. The first-order valence-corrected chi connectivity index (χ1v) is 9.08. The van der Waals surface area contributed by atoms with E-state index in [4.69, 9.17) is 9.72 Å². The van der Waals surface area contributed by atoms with Crippen molar-refractivity contribution in [2.45, 2.75) is 19.9 Å². The van der Waals surface area contributed by atoms with Gasteiger partial charge in [0.25, 0.3) is 0 Å². The number of nitrogens with one attached hydrogen (secondary N) is 2. The van der Waals surface area contributed by atoms with Crippen LogP contribution >= 0.6 is 0 Å². The van der Waals surface area contributed by atoms with E-state index in [-0.39, 0.29) is 0 Å². The van der Waals surface area contributed by atoms with Gasteiger partial charge in [-0.25, -0.2) is 10.4 Å². The fourth-order valence-corrected chi connectivity index (χ4v) is 3.34. The Morgan fingerprint density at radius 1 is 1.27 bits per heavy atom. The van der Waals surface area contributed by atoms with E-state index in [1.54, 1.807) is 6.21 Å². The summed E-state index contributed by atoms with van der Waals surface area (Å²) in [6, 6.07) is 8.20. The van der Waals surface area contributed by atoms with E-state index in [0.717, 1.165) is 62.9 Å². The lowest BCUT2D eigenvalue weighted by Crippen LogP contribution is -2.39. The number of rotatable bonds is 4. The molecule has 0 atom stereocenters. The van der Waals surface area contributed by atoms with Gasteiger partial charge >= 0.3 is 0 Å². The third-order valence-corrected chi connectivity index (χ3v) is 4.65. The number of hydrogen-bond donors (Lipinski definition) is 2. The van der Waals surface area contributed by atoms with Gasteiger partial charge in [0, 0.05) is 25.2 Å². The van der Waals surface area contributed by atoms with Gasteiger partial charge < -0.3 is 15.0 Å². The van der Waals surface area contributed by atoms with Crippen LogP contribution in [0, 0.1) is 6.92 Å². The molecule has 0 amide bonds. The van der Waals surface area contributed by atoms with Crippen LogP contribution in [-0.4, -0.2) is 49.0 Å². The maximum absolute atomic E-state index is 5.48. The van der Waals surface area contributed by atoms with Gasteiger partial charge in [0.1, 0.15) is 5.82 Å². The minimum atomic E-state index is 0.540. The number of fused-ring (bicyclic) bond motifs is 1. The van der Waals surface area contributed by atoms with Crippen LogP contribution in [0.25, 0.3) is 0 Å². The molecule has 0 aliphatic carbocycles. The van der Waals surface area contributed by atoms with Gasteiger partial charge in [-0.05, 0) is 25.5 Å². The number of benzene rings is 1. The Morgan fingerprint density at radius 2 is 2.15 bits per heavy atom. The molecule has 136 valence electrons. The van der Waals surface area contributed by atoms with Crippen LogP contribution in [0.5, 0.6) is 0 Å². The number of aryl methyl sites for hydroxylation is 1. The van der Waals surface area contributed by atoms with Crippen LogP contribution in [-0.2, 0) is 17.7 Å². The van der Waals surface area contributed by atoms with E-state index in [1.807, 2.05) is 12.1 Å². The Morgan fingerprint density at radius 3 is 3.00 bits per heavy atom. The third-order valence-electron chi connectivity index (χ3n) is 4.65. The van der Waals surface area contributed by atoms with Gasteiger partial charge in [-0.1, -0.05) is 29.8 Å². The molecule has 26 heavy (non-hydrogen) atoms. The molecule has 0 spiro atoms. The van der Waals surface area contributed by atoms with Gasteiger partial charge in [-0.15, -0.1) is 0 Å². The smallest absolute Gasteiger partial charge is 0.245 e. The Hall–Kier alpha value is -2.51. The van der Waals surface area contributed by atoms with Crippen molar-refractivity contribution in [1.29, 1.82) is 0 Å². The van der Waals surface area contributed by atoms with Crippen molar-refractivity contribution >= 4 is 18.0 Å². The SMILES string of the molecule is Cc1cccc(/C=N/Nc2nc3c(c(N4CCOCC4)n2)CCNC3)c1. The van der Waals surface area contributed by atoms with Crippen molar-refractivity contribution < 1.29 is 4.74 Å². The van der Waals surface area contributed by atoms with E-state index in [1.165, 1.54) is 11.1 Å². The molecule has 1 aromatic heterocycles. The van der Waals surface area contributed by atoms with E-state index >= 15 is 0 Å². The summed E-state index contributed by atoms with van der Waals surface area (Å²) in [5.41, 5.74) is 7.56. The molecular weight excluding hydrogens is 328 g/mol. The first-order chi connectivity index (χ1) is 12.8. The molecular formula is C19H24N6O. The monoisotopic (exact) mass is 352 g/mol. The zero-order chi connectivity index (χ0) is 17.8. The number of anilines is 2. The topological polar surface area (TPSA) is 74.7 Å². The molecule has 2 N–H and O–H groups in total. The summed E-state index contributed by atoms with van der Waals surface area (Å²) in [4.78, 5) is 11.7. The third kappa shape index (κ3) is 3.84. The number of hydrogen-bond acceptors (Lipinski definition) is 7. The second-order valence-electron chi connectivity index (χ2n) is 6.61. The van der Waals surface area contributed by atoms with Gasteiger partial charge in [0.05, 0.1) is 25.1 Å². The Balaban J connectivity index is 1.57. The lowest BCUT2D eigenvalue weighted by Gasteiger charge is -2.31. The molecule has 3 heterocycles. The molecule has 7 heteroatoms. The maximum atomic E-state index is 5.48. The molecule has 1 fully saturated rings. The quantitative estimate of drug-likeness (QED) is 0.645. The van der Waals surface area contributed by atoms with Crippen molar-refractivity contribution in [2.75, 3.05) is 43.2 Å². The fourth-order valence-electron chi connectivity index (χ4n) is 3.34. The largest absolute Gasteiger partial charge is 0.378 e. The van der Waals surface area contributed by atoms with Crippen LogP contribution in [0.3, 0.4) is 0 Å². The second-order valence-corrected chi connectivity index (χ2v) is 6.61. The summed E-state index contributed by atoms with van der Waals surface area (Å²) in [5, 5.41) is 7.71. The molecule has 0 radical (unpaired) electrons. The normalized spacial score (nSPS) is 17.3. The molecule has 0 unspecified atom stereocenters. The second kappa shape index (κ2) is 7.80. The van der Waals surface area contributed by atoms with Crippen molar-refractivity contribution in [2.24, 2.45) is 5.10 Å². The van der Waals surface area contributed by atoms with Gasteiger partial charge in [-0.3, -0.25) is 0 Å².